The number of ketones is 2. The molecule has 4 heteroatoms. The molecule has 0 amide bonds. The van der Waals surface area contributed by atoms with E-state index in [2.05, 4.69) is 0 Å². The summed E-state index contributed by atoms with van der Waals surface area (Å²) < 4.78 is 0. The number of allylic oxidation sites excluding steroid dienone is 4. The van der Waals surface area contributed by atoms with Gasteiger partial charge in [0, 0.05) is 33.4 Å². The lowest BCUT2D eigenvalue weighted by atomic mass is 9.93. The highest BCUT2D eigenvalue weighted by Crippen LogP contribution is 2.44. The highest BCUT2D eigenvalue weighted by Gasteiger charge is 2.39. The van der Waals surface area contributed by atoms with Gasteiger partial charge in [0.15, 0.2) is 22.4 Å². The van der Waals surface area contributed by atoms with E-state index in [1.165, 1.54) is 0 Å². The number of hydrogen-bond donors (Lipinski definition) is 0. The van der Waals surface area contributed by atoms with Crippen molar-refractivity contribution in [2.75, 3.05) is 0 Å². The molecule has 0 aromatic heterocycles. The second-order valence-corrected chi connectivity index (χ2v) is 10.1. The second kappa shape index (κ2) is 8.12. The molecule has 0 N–H and O–H groups in total. The van der Waals surface area contributed by atoms with Crippen molar-refractivity contribution in [3.8, 4) is 0 Å². The van der Waals surface area contributed by atoms with Crippen LogP contribution in [0.5, 0.6) is 0 Å². The highest BCUT2D eigenvalue weighted by atomic mass is 16.1. The van der Waals surface area contributed by atoms with Gasteiger partial charge < -0.3 is 0 Å². The summed E-state index contributed by atoms with van der Waals surface area (Å²) in [6.45, 7) is 15.1. The van der Waals surface area contributed by atoms with E-state index in [0.29, 0.717) is 55.7 Å². The maximum Gasteiger partial charge on any atom is 0.195 e. The molecule has 0 heterocycles. The van der Waals surface area contributed by atoms with E-state index in [4.69, 9.17) is 0 Å². The molecule has 0 fully saturated rings. The van der Waals surface area contributed by atoms with Crippen LogP contribution in [0.2, 0.25) is 0 Å². The third-order valence-electron chi connectivity index (χ3n) is 7.29. The number of carbonyl (C=O) groups excluding carboxylic acids is 2. The Hall–Kier alpha value is -3.40. The average molecular weight is 455 g/mol. The first kappa shape index (κ1) is 23.7. The van der Waals surface area contributed by atoms with E-state index in [0.717, 1.165) is 11.1 Å². The van der Waals surface area contributed by atoms with Gasteiger partial charge in [0.25, 0.3) is 0 Å². The number of carbonyl (C=O) groups is 2. The summed E-state index contributed by atoms with van der Waals surface area (Å²) in [5.41, 5.74) is 6.41. The zero-order chi connectivity index (χ0) is 25.2. The zero-order valence-corrected chi connectivity index (χ0v) is 21.1. The van der Waals surface area contributed by atoms with Gasteiger partial charge in [-0.2, -0.15) is 0 Å². The molecule has 0 atom stereocenters. The van der Waals surface area contributed by atoms with Crippen molar-refractivity contribution in [2.24, 2.45) is 0 Å². The minimum atomic E-state index is -0.294. The molecule has 0 aliphatic heterocycles. The number of rotatable bonds is 3. The molecule has 0 saturated carbocycles. The van der Waals surface area contributed by atoms with Gasteiger partial charge in [0.05, 0.1) is 0 Å². The SMILES string of the molecule is CC1=C(C2=C(C)c3cc(C(C)C)cc(=O)c(C)c3C2=O)C(=O)c2c1cc(C(C)C)cc(=O)c2C. The van der Waals surface area contributed by atoms with Crippen molar-refractivity contribution >= 4 is 22.7 Å². The van der Waals surface area contributed by atoms with Crippen molar-refractivity contribution < 1.29 is 9.59 Å². The molecule has 0 saturated heterocycles. The van der Waals surface area contributed by atoms with Gasteiger partial charge in [-0.3, -0.25) is 19.2 Å². The van der Waals surface area contributed by atoms with E-state index < -0.39 is 0 Å². The van der Waals surface area contributed by atoms with E-state index in [9.17, 15) is 19.2 Å². The van der Waals surface area contributed by atoms with Gasteiger partial charge in [-0.25, -0.2) is 0 Å². The quantitative estimate of drug-likeness (QED) is 0.578. The predicted octanol–water partition coefficient (Wildman–Crippen LogP) is 5.91. The molecule has 2 aliphatic carbocycles. The molecule has 174 valence electrons. The first-order valence-electron chi connectivity index (χ1n) is 11.8. The largest absolute Gasteiger partial charge is 0.290 e. The average Bonchev–Trinajstić information content (AvgIpc) is 2.99. The van der Waals surface area contributed by atoms with Crippen LogP contribution in [0.15, 0.2) is 45.0 Å². The number of hydrogen-bond acceptors (Lipinski definition) is 4. The van der Waals surface area contributed by atoms with Crippen LogP contribution >= 0.6 is 0 Å². The monoisotopic (exact) mass is 454 g/mol. The molecule has 4 rings (SSSR count). The summed E-state index contributed by atoms with van der Waals surface area (Å²) in [6, 6.07) is 7.03. The minimum absolute atomic E-state index is 0.112. The molecule has 0 unspecified atom stereocenters. The topological polar surface area (TPSA) is 68.3 Å². The van der Waals surface area contributed by atoms with Crippen molar-refractivity contribution in [2.45, 2.75) is 67.2 Å². The Kier molecular flexibility index (Phi) is 5.67. The van der Waals surface area contributed by atoms with E-state index in [-0.39, 0.29) is 34.3 Å². The summed E-state index contributed by atoms with van der Waals surface area (Å²) >= 11 is 0. The maximum atomic E-state index is 13.8. The Balaban J connectivity index is 2.04. The first-order chi connectivity index (χ1) is 15.9. The Labute approximate surface area is 200 Å². The molecule has 4 nitrogen and oxygen atoms in total. The molecule has 34 heavy (non-hydrogen) atoms. The van der Waals surface area contributed by atoms with Crippen molar-refractivity contribution in [3.05, 3.63) is 100 Å². The van der Waals surface area contributed by atoms with E-state index in [1.54, 1.807) is 26.0 Å². The van der Waals surface area contributed by atoms with Crippen LogP contribution in [0.4, 0.5) is 0 Å². The zero-order valence-electron chi connectivity index (χ0n) is 21.1. The Morgan fingerprint density at radius 3 is 1.15 bits per heavy atom. The molecule has 2 aliphatic rings. The third-order valence-corrected chi connectivity index (χ3v) is 7.29. The predicted molar refractivity (Wildman–Crippen MR) is 137 cm³/mol. The van der Waals surface area contributed by atoms with Gasteiger partial charge >= 0.3 is 0 Å². The third kappa shape index (κ3) is 3.35. The summed E-state index contributed by atoms with van der Waals surface area (Å²) in [6.07, 6.45) is 0. The lowest BCUT2D eigenvalue weighted by Crippen LogP contribution is -2.13. The van der Waals surface area contributed by atoms with Crippen molar-refractivity contribution in [1.82, 2.24) is 0 Å². The Bertz CT molecular complexity index is 1380. The van der Waals surface area contributed by atoms with E-state index in [1.807, 2.05) is 53.7 Å². The van der Waals surface area contributed by atoms with Gasteiger partial charge in [-0.1, -0.05) is 39.8 Å². The molecule has 0 radical (unpaired) electrons. The Morgan fingerprint density at radius 1 is 0.529 bits per heavy atom. The van der Waals surface area contributed by atoms with Crippen LogP contribution in [-0.2, 0) is 0 Å². The summed E-state index contributed by atoms with van der Waals surface area (Å²) in [5, 5.41) is 0. The highest BCUT2D eigenvalue weighted by molar-refractivity contribution is 6.35. The summed E-state index contributed by atoms with van der Waals surface area (Å²) in [7, 11) is 0. The van der Waals surface area contributed by atoms with Crippen LogP contribution in [-0.4, -0.2) is 11.6 Å². The normalized spacial score (nSPS) is 15.1. The molecule has 0 spiro atoms. The second-order valence-electron chi connectivity index (χ2n) is 10.1. The van der Waals surface area contributed by atoms with Gasteiger partial charge in [0.1, 0.15) is 0 Å². The minimum Gasteiger partial charge on any atom is -0.290 e. The van der Waals surface area contributed by atoms with Crippen molar-refractivity contribution in [1.29, 1.82) is 0 Å². The fraction of sp³-hybridized carbons (Fsp3) is 0.333. The fourth-order valence-corrected chi connectivity index (χ4v) is 5.04. The lowest BCUT2D eigenvalue weighted by molar-refractivity contribution is 0.100. The van der Waals surface area contributed by atoms with Gasteiger partial charge in [-0.05, 0) is 85.1 Å². The van der Waals surface area contributed by atoms with Crippen molar-refractivity contribution in [3.63, 3.8) is 0 Å². The smallest absolute Gasteiger partial charge is 0.195 e. The van der Waals surface area contributed by atoms with Crippen LogP contribution in [0.25, 0.3) is 11.1 Å². The molecule has 2 aromatic carbocycles. The molecular formula is C30H30O4. The Morgan fingerprint density at radius 2 is 0.853 bits per heavy atom. The first-order valence-corrected chi connectivity index (χ1v) is 11.8. The summed E-state index contributed by atoms with van der Waals surface area (Å²) in [5.74, 6) is -0.364. The summed E-state index contributed by atoms with van der Waals surface area (Å²) in [4.78, 5) is 53.2. The van der Waals surface area contributed by atoms with Crippen LogP contribution in [0, 0.1) is 13.8 Å². The number of Topliss-reactive ketones (excluding diaryl/α,β-unsaturated/α-hetero) is 2. The van der Waals surface area contributed by atoms with Gasteiger partial charge in [0.2, 0.25) is 0 Å². The standard InChI is InChI=1S/C30H30O4/c1-13(2)19-9-21-15(5)27(29(33)25(21)17(7)23(31)11-19)28-16(6)22-10-20(14(3)4)12-24(32)18(8)26(22)30(28)34/h9-14H,1-8H3. The lowest BCUT2D eigenvalue weighted by Gasteiger charge is -2.07. The van der Waals surface area contributed by atoms with Crippen LogP contribution < -0.4 is 10.9 Å². The van der Waals surface area contributed by atoms with E-state index >= 15 is 0 Å². The fourth-order valence-electron chi connectivity index (χ4n) is 5.04. The molecule has 0 bridgehead atoms. The maximum absolute atomic E-state index is 13.8. The molecular weight excluding hydrogens is 424 g/mol. The number of fused-ring (bicyclic) bond motifs is 2. The van der Waals surface area contributed by atoms with Gasteiger partial charge in [-0.15, -0.1) is 0 Å². The van der Waals surface area contributed by atoms with Crippen LogP contribution in [0.3, 0.4) is 0 Å². The van der Waals surface area contributed by atoms with Crippen LogP contribution in [0.1, 0.15) is 107 Å². The molecule has 2 aromatic rings.